The number of hydrogen-bond donors (Lipinski definition) is 1. The van der Waals surface area contributed by atoms with Crippen molar-refractivity contribution in [3.63, 3.8) is 0 Å². The van der Waals surface area contributed by atoms with E-state index in [1.807, 2.05) is 6.92 Å². The molecule has 0 aliphatic rings. The summed E-state index contributed by atoms with van der Waals surface area (Å²) < 4.78 is 5.19. The van der Waals surface area contributed by atoms with Gasteiger partial charge >= 0.3 is 6.01 Å². The Kier molecular flexibility index (Phi) is 4.72. The van der Waals surface area contributed by atoms with Crippen LogP contribution in [0.25, 0.3) is 0 Å². The summed E-state index contributed by atoms with van der Waals surface area (Å²) in [5.74, 6) is 0.439. The van der Waals surface area contributed by atoms with Gasteiger partial charge < -0.3 is 10.1 Å². The van der Waals surface area contributed by atoms with Crippen molar-refractivity contribution in [3.8, 4) is 6.01 Å². The van der Waals surface area contributed by atoms with Gasteiger partial charge in [-0.3, -0.25) is 0 Å². The number of nitrogens with one attached hydrogen (secondary N) is 1. The Hall–Kier alpha value is -1.40. The van der Waals surface area contributed by atoms with Gasteiger partial charge in [-0.2, -0.15) is 26.3 Å². The summed E-state index contributed by atoms with van der Waals surface area (Å²) >= 11 is 7.47. The smallest absolute Gasteiger partial charge is 0.322 e. The van der Waals surface area contributed by atoms with Crippen molar-refractivity contribution >= 4 is 28.9 Å². The first kappa shape index (κ1) is 13.0. The summed E-state index contributed by atoms with van der Waals surface area (Å²) in [6, 6.07) is 2.34. The Balaban J connectivity index is 1.92. The third kappa shape index (κ3) is 3.82. The highest BCUT2D eigenvalue weighted by Gasteiger charge is 2.05. The second kappa shape index (κ2) is 6.51. The van der Waals surface area contributed by atoms with Gasteiger partial charge in [0.25, 0.3) is 0 Å². The van der Waals surface area contributed by atoms with Crippen molar-refractivity contribution in [2.45, 2.75) is 13.3 Å². The molecular formula is C11H13ClN4OS. The minimum Gasteiger partial charge on any atom is -0.464 e. The monoisotopic (exact) mass is 284 g/mol. The molecular weight excluding hydrogens is 272 g/mol. The van der Waals surface area contributed by atoms with Gasteiger partial charge in [0.15, 0.2) is 0 Å². The van der Waals surface area contributed by atoms with Gasteiger partial charge in [-0.1, -0.05) is 0 Å². The SMILES string of the molecule is CCOc1nc(Cl)nc(NCCc2ccsc2)n1. The molecule has 0 atom stereocenters. The number of nitrogens with zero attached hydrogens (tertiary/aromatic N) is 3. The van der Waals surface area contributed by atoms with Crippen LogP contribution in [0.3, 0.4) is 0 Å². The molecule has 7 heteroatoms. The second-order valence-electron chi connectivity index (χ2n) is 3.45. The molecule has 0 bridgehead atoms. The highest BCUT2D eigenvalue weighted by Crippen LogP contribution is 2.12. The van der Waals surface area contributed by atoms with Gasteiger partial charge in [0, 0.05) is 6.54 Å². The third-order valence-corrected chi connectivity index (χ3v) is 3.04. The molecule has 0 fully saturated rings. The molecule has 5 nitrogen and oxygen atoms in total. The van der Waals surface area contributed by atoms with Crippen molar-refractivity contribution < 1.29 is 4.74 Å². The molecule has 0 saturated heterocycles. The molecule has 0 aromatic carbocycles. The van der Waals surface area contributed by atoms with E-state index >= 15 is 0 Å². The van der Waals surface area contributed by atoms with E-state index in [0.29, 0.717) is 12.6 Å². The van der Waals surface area contributed by atoms with Crippen LogP contribution in [0.4, 0.5) is 5.95 Å². The fourth-order valence-electron chi connectivity index (χ4n) is 1.36. The van der Waals surface area contributed by atoms with E-state index in [9.17, 15) is 0 Å². The fourth-order valence-corrected chi connectivity index (χ4v) is 2.21. The quantitative estimate of drug-likeness (QED) is 0.884. The van der Waals surface area contributed by atoms with Crippen LogP contribution in [0.2, 0.25) is 5.28 Å². The first-order chi connectivity index (χ1) is 8.78. The van der Waals surface area contributed by atoms with E-state index in [4.69, 9.17) is 16.3 Å². The number of hydrogen-bond acceptors (Lipinski definition) is 6. The predicted molar refractivity (Wildman–Crippen MR) is 72.5 cm³/mol. The van der Waals surface area contributed by atoms with E-state index in [-0.39, 0.29) is 11.3 Å². The molecule has 18 heavy (non-hydrogen) atoms. The van der Waals surface area contributed by atoms with Crippen LogP contribution >= 0.6 is 22.9 Å². The van der Waals surface area contributed by atoms with Crippen LogP contribution in [-0.2, 0) is 6.42 Å². The molecule has 2 aromatic heterocycles. The zero-order valence-electron chi connectivity index (χ0n) is 9.89. The highest BCUT2D eigenvalue weighted by atomic mass is 35.5. The first-order valence-corrected chi connectivity index (χ1v) is 6.89. The van der Waals surface area contributed by atoms with Gasteiger partial charge in [-0.25, -0.2) is 0 Å². The maximum atomic E-state index is 5.78. The zero-order chi connectivity index (χ0) is 12.8. The van der Waals surface area contributed by atoms with Crippen LogP contribution in [0, 0.1) is 0 Å². The van der Waals surface area contributed by atoms with Gasteiger partial charge in [0.05, 0.1) is 6.61 Å². The minimum atomic E-state index is 0.131. The van der Waals surface area contributed by atoms with E-state index in [1.165, 1.54) is 5.56 Å². The largest absolute Gasteiger partial charge is 0.464 e. The summed E-state index contributed by atoms with van der Waals surface area (Å²) in [4.78, 5) is 12.0. The molecule has 1 N–H and O–H groups in total. The molecule has 0 saturated carbocycles. The van der Waals surface area contributed by atoms with Crippen molar-refractivity contribution in [2.24, 2.45) is 0 Å². The van der Waals surface area contributed by atoms with Crippen LogP contribution in [0.1, 0.15) is 12.5 Å². The molecule has 0 aliphatic carbocycles. The van der Waals surface area contributed by atoms with E-state index in [2.05, 4.69) is 37.1 Å². The summed E-state index contributed by atoms with van der Waals surface area (Å²) in [6.45, 7) is 3.10. The summed E-state index contributed by atoms with van der Waals surface area (Å²) in [5.41, 5.74) is 1.29. The lowest BCUT2D eigenvalue weighted by Crippen LogP contribution is -2.09. The Morgan fingerprint density at radius 2 is 2.28 bits per heavy atom. The average Bonchev–Trinajstić information content (AvgIpc) is 2.82. The fraction of sp³-hybridized carbons (Fsp3) is 0.364. The first-order valence-electron chi connectivity index (χ1n) is 5.57. The third-order valence-electron chi connectivity index (χ3n) is 2.14. The highest BCUT2D eigenvalue weighted by molar-refractivity contribution is 7.07. The summed E-state index contributed by atoms with van der Waals surface area (Å²) in [6.07, 6.45) is 0.913. The molecule has 0 radical (unpaired) electrons. The Morgan fingerprint density at radius 1 is 1.39 bits per heavy atom. The zero-order valence-corrected chi connectivity index (χ0v) is 11.5. The van der Waals surface area contributed by atoms with Crippen molar-refractivity contribution in [1.82, 2.24) is 15.0 Å². The van der Waals surface area contributed by atoms with Gasteiger partial charge in [-0.15, -0.1) is 0 Å². The molecule has 0 aliphatic heterocycles. The normalized spacial score (nSPS) is 10.3. The van der Waals surface area contributed by atoms with Crippen molar-refractivity contribution in [1.29, 1.82) is 0 Å². The molecule has 0 unspecified atom stereocenters. The van der Waals surface area contributed by atoms with Crippen LogP contribution in [-0.4, -0.2) is 28.1 Å². The van der Waals surface area contributed by atoms with Gasteiger partial charge in [0.2, 0.25) is 11.2 Å². The molecule has 2 rings (SSSR count). The maximum absolute atomic E-state index is 5.78. The number of rotatable bonds is 6. The topological polar surface area (TPSA) is 59.9 Å². The molecule has 2 aromatic rings. The lowest BCUT2D eigenvalue weighted by atomic mass is 10.2. The maximum Gasteiger partial charge on any atom is 0.322 e. The Labute approximate surface area is 114 Å². The van der Waals surface area contributed by atoms with E-state index < -0.39 is 0 Å². The van der Waals surface area contributed by atoms with Crippen molar-refractivity contribution in [2.75, 3.05) is 18.5 Å². The predicted octanol–water partition coefficient (Wildman–Crippen LogP) is 2.64. The van der Waals surface area contributed by atoms with E-state index in [0.717, 1.165) is 13.0 Å². The summed E-state index contributed by atoms with van der Waals surface area (Å²) in [5, 5.41) is 7.41. The number of thiophene rings is 1. The number of halogens is 1. The number of anilines is 1. The number of ether oxygens (including phenoxy) is 1. The molecule has 0 amide bonds. The summed E-state index contributed by atoms with van der Waals surface area (Å²) in [7, 11) is 0. The lowest BCUT2D eigenvalue weighted by molar-refractivity contribution is 0.312. The number of aromatic nitrogens is 3. The Morgan fingerprint density at radius 3 is 3.00 bits per heavy atom. The molecule has 0 spiro atoms. The lowest BCUT2D eigenvalue weighted by Gasteiger charge is -2.06. The van der Waals surface area contributed by atoms with Crippen LogP contribution in [0.5, 0.6) is 6.01 Å². The van der Waals surface area contributed by atoms with Crippen LogP contribution in [0.15, 0.2) is 16.8 Å². The minimum absolute atomic E-state index is 0.131. The van der Waals surface area contributed by atoms with Gasteiger partial charge in [0.1, 0.15) is 0 Å². The Bertz CT molecular complexity index is 492. The average molecular weight is 285 g/mol. The van der Waals surface area contributed by atoms with E-state index in [1.54, 1.807) is 11.3 Å². The van der Waals surface area contributed by atoms with Crippen LogP contribution < -0.4 is 10.1 Å². The van der Waals surface area contributed by atoms with Crippen molar-refractivity contribution in [3.05, 3.63) is 27.7 Å². The molecule has 2 heterocycles. The van der Waals surface area contributed by atoms with Gasteiger partial charge in [-0.05, 0) is 47.3 Å². The standard InChI is InChI=1S/C11H13ClN4OS/c1-2-17-11-15-9(12)14-10(16-11)13-5-3-8-4-6-18-7-8/h4,6-7H,2-3,5H2,1H3,(H,13,14,15,16). The second-order valence-corrected chi connectivity index (χ2v) is 4.57. The molecule has 96 valence electrons.